The molecule has 0 radical (unpaired) electrons. The molecule has 2 heterocycles. The Morgan fingerprint density at radius 1 is 1.05 bits per heavy atom. The van der Waals surface area contributed by atoms with Crippen LogP contribution in [-0.4, -0.2) is 90.4 Å². The highest BCUT2D eigenvalue weighted by Crippen LogP contribution is 2.68. The van der Waals surface area contributed by atoms with Crippen LogP contribution in [0.25, 0.3) is 0 Å². The Morgan fingerprint density at radius 2 is 1.75 bits per heavy atom. The zero-order valence-corrected chi connectivity index (χ0v) is 26.7. The summed E-state index contributed by atoms with van der Waals surface area (Å²) in [6.07, 6.45) is 11.4. The van der Waals surface area contributed by atoms with E-state index in [-0.39, 0.29) is 50.6 Å². The van der Waals surface area contributed by atoms with Gasteiger partial charge in [-0.25, -0.2) is 0 Å². The summed E-state index contributed by atoms with van der Waals surface area (Å²) >= 11 is 0. The molecule has 4 saturated carbocycles. The van der Waals surface area contributed by atoms with Crippen molar-refractivity contribution in [3.63, 3.8) is 0 Å². The molecule has 2 saturated heterocycles. The van der Waals surface area contributed by atoms with E-state index in [1.54, 1.807) is 6.92 Å². The number of ether oxygens (including phenoxy) is 2. The normalized spacial score (nSPS) is 47.2. The molecule has 6 rings (SSSR count). The summed E-state index contributed by atoms with van der Waals surface area (Å²) in [7, 11) is 0. The minimum Gasteiger partial charge on any atom is -1.00 e. The second-order valence-corrected chi connectivity index (χ2v) is 15.0. The second kappa shape index (κ2) is 11.2. The van der Waals surface area contributed by atoms with Gasteiger partial charge in [0, 0.05) is 38.0 Å². The molecule has 7 nitrogen and oxygen atoms in total. The molecule has 0 unspecified atom stereocenters. The quantitative estimate of drug-likeness (QED) is 0.217. The van der Waals surface area contributed by atoms with Gasteiger partial charge in [-0.15, -0.1) is 0 Å². The third kappa shape index (κ3) is 4.75. The van der Waals surface area contributed by atoms with Crippen molar-refractivity contribution < 1.29 is 45.5 Å². The number of rotatable bonds is 5. The van der Waals surface area contributed by atoms with Gasteiger partial charge in [-0.3, -0.25) is 4.79 Å². The number of hydrogen-bond acceptors (Lipinski definition) is 5. The van der Waals surface area contributed by atoms with E-state index >= 15 is 0 Å². The van der Waals surface area contributed by atoms with Crippen LogP contribution < -0.4 is 17.0 Å². The van der Waals surface area contributed by atoms with Gasteiger partial charge < -0.3 is 45.9 Å². The number of hydrogen-bond donors (Lipinski definition) is 1. The molecule has 0 aromatic heterocycles. The van der Waals surface area contributed by atoms with Crippen LogP contribution in [0, 0.1) is 39.7 Å². The zero-order chi connectivity index (χ0) is 27.6. The van der Waals surface area contributed by atoms with Crippen molar-refractivity contribution in [3.8, 4) is 0 Å². The fraction of sp³-hybridized carbons (Fsp3) is 0.906. The van der Waals surface area contributed by atoms with E-state index in [0.29, 0.717) is 56.0 Å². The summed E-state index contributed by atoms with van der Waals surface area (Å²) < 4.78 is 12.6. The van der Waals surface area contributed by atoms with E-state index in [2.05, 4.69) is 26.5 Å². The van der Waals surface area contributed by atoms with E-state index < -0.39 is 6.10 Å². The van der Waals surface area contributed by atoms with E-state index in [1.807, 2.05) is 0 Å². The van der Waals surface area contributed by atoms with Gasteiger partial charge in [-0.1, -0.05) is 20.4 Å². The number of carbonyl (C=O) groups is 1. The van der Waals surface area contributed by atoms with Gasteiger partial charge in [-0.05, 0) is 67.3 Å². The SMILES string of the molecule is C=CC[N+]1([C@H]2C[C@H]3[C@@H]4CC[C@H]5C[C@H](O)[C@@H]([N+]6([O-])CCOCC6)C[C@]5(C)[C@H]4CC[C@]3(C)[C@H]2OC(C)=O)CCCC1.[Br-]. The average Bonchev–Trinajstić information content (AvgIpc) is 3.48. The van der Waals surface area contributed by atoms with Crippen molar-refractivity contribution in [1.82, 2.24) is 0 Å². The number of carbonyl (C=O) groups excluding carboxylic acids is 1. The molecule has 4 aliphatic carbocycles. The Bertz CT molecular complexity index is 952. The molecule has 6 fully saturated rings. The molecule has 0 aromatic rings. The highest BCUT2D eigenvalue weighted by molar-refractivity contribution is 5.66. The third-order valence-electron chi connectivity index (χ3n) is 13.4. The molecule has 40 heavy (non-hydrogen) atoms. The highest BCUT2D eigenvalue weighted by atomic mass is 79.9. The number of aliphatic hydroxyl groups is 1. The lowest BCUT2D eigenvalue weighted by Crippen LogP contribution is -3.00. The topological polar surface area (TPSA) is 78.8 Å². The van der Waals surface area contributed by atoms with Crippen molar-refractivity contribution in [3.05, 3.63) is 17.9 Å². The number of esters is 1. The lowest BCUT2D eigenvalue weighted by Gasteiger charge is -2.64. The van der Waals surface area contributed by atoms with Crippen LogP contribution >= 0.6 is 0 Å². The zero-order valence-electron chi connectivity index (χ0n) is 25.1. The van der Waals surface area contributed by atoms with E-state index in [0.717, 1.165) is 62.6 Å². The van der Waals surface area contributed by atoms with E-state index in [9.17, 15) is 15.1 Å². The Balaban J connectivity index is 0.00000323. The molecule has 0 spiro atoms. The van der Waals surface area contributed by atoms with Crippen molar-refractivity contribution in [2.75, 3.05) is 45.9 Å². The first-order valence-corrected chi connectivity index (χ1v) is 16.0. The Kier molecular flexibility index (Phi) is 8.66. The van der Waals surface area contributed by atoms with Crippen molar-refractivity contribution in [1.29, 1.82) is 0 Å². The number of likely N-dealkylation sites (tertiary alicyclic amines) is 1. The molecule has 228 valence electrons. The Hall–Kier alpha value is -0.510. The molecular formula is C32H53BrN2O5. The number of aliphatic hydroxyl groups excluding tert-OH is 1. The molecule has 1 N–H and O–H groups in total. The summed E-state index contributed by atoms with van der Waals surface area (Å²) in [5, 5.41) is 25.2. The van der Waals surface area contributed by atoms with Crippen LogP contribution in [0.15, 0.2) is 12.7 Å². The fourth-order valence-electron chi connectivity index (χ4n) is 11.5. The standard InChI is InChI=1S/C32H53N2O5.BrH/c1-5-12-33(13-6-7-14-33)27-20-26-24-9-8-23-19-29(36)28(34(37)15-17-38-18-16-34)21-32(23,4)25(24)10-11-31(26,3)30(27)39-22(2)35;/h5,23-30,36H,1,6-21H2,2-4H3;1H/q+1;/p-1/t23-,24+,25-,26-,27-,28-,29-,30-,31-,32-;/m0./s1. The predicted octanol–water partition coefficient (Wildman–Crippen LogP) is 1.42. The summed E-state index contributed by atoms with van der Waals surface area (Å²) in [6, 6.07) is 0.108. The first kappa shape index (κ1) is 30.9. The summed E-state index contributed by atoms with van der Waals surface area (Å²) in [6.45, 7) is 15.9. The number of halogens is 1. The minimum atomic E-state index is -0.508. The predicted molar refractivity (Wildman–Crippen MR) is 150 cm³/mol. The van der Waals surface area contributed by atoms with Crippen LogP contribution in [0.4, 0.5) is 0 Å². The van der Waals surface area contributed by atoms with Gasteiger partial charge >= 0.3 is 5.97 Å². The number of quaternary nitrogens is 2. The van der Waals surface area contributed by atoms with Crippen molar-refractivity contribution in [2.24, 2.45) is 34.5 Å². The van der Waals surface area contributed by atoms with E-state index in [1.165, 1.54) is 19.3 Å². The number of hydroxylamine groups is 3. The van der Waals surface area contributed by atoms with Crippen LogP contribution in [0.1, 0.15) is 78.6 Å². The summed E-state index contributed by atoms with van der Waals surface area (Å²) in [5.41, 5.74) is 0.0813. The highest BCUT2D eigenvalue weighted by Gasteiger charge is 2.68. The smallest absolute Gasteiger partial charge is 0.303 e. The lowest BCUT2D eigenvalue weighted by molar-refractivity contribution is -0.937. The Labute approximate surface area is 252 Å². The molecular weight excluding hydrogens is 572 g/mol. The van der Waals surface area contributed by atoms with Gasteiger partial charge in [0.25, 0.3) is 0 Å². The second-order valence-electron chi connectivity index (χ2n) is 15.0. The monoisotopic (exact) mass is 624 g/mol. The van der Waals surface area contributed by atoms with Crippen molar-refractivity contribution in [2.45, 2.75) is 103 Å². The fourth-order valence-corrected chi connectivity index (χ4v) is 11.5. The van der Waals surface area contributed by atoms with Gasteiger partial charge in [0.2, 0.25) is 0 Å². The number of nitrogens with zero attached hydrogens (tertiary/aromatic N) is 2. The maximum atomic E-state index is 14.0. The molecule has 0 aromatic carbocycles. The number of morpholine rings is 1. The molecule has 8 heteroatoms. The van der Waals surface area contributed by atoms with Crippen LogP contribution in [0.3, 0.4) is 0 Å². The maximum Gasteiger partial charge on any atom is 0.303 e. The molecule has 2 aliphatic heterocycles. The van der Waals surface area contributed by atoms with E-state index in [4.69, 9.17) is 9.47 Å². The Morgan fingerprint density at radius 3 is 2.40 bits per heavy atom. The lowest BCUT2D eigenvalue weighted by atomic mass is 9.44. The molecule has 0 amide bonds. The van der Waals surface area contributed by atoms with Gasteiger partial charge in [0.15, 0.2) is 6.10 Å². The van der Waals surface area contributed by atoms with Gasteiger partial charge in [-0.2, -0.15) is 0 Å². The van der Waals surface area contributed by atoms with Crippen LogP contribution in [0.2, 0.25) is 0 Å². The largest absolute Gasteiger partial charge is 1.00 e. The van der Waals surface area contributed by atoms with Crippen LogP contribution in [-0.2, 0) is 14.3 Å². The first-order valence-electron chi connectivity index (χ1n) is 16.0. The number of fused-ring (bicyclic) bond motifs is 5. The first-order chi connectivity index (χ1) is 18.6. The van der Waals surface area contributed by atoms with Crippen LogP contribution in [0.5, 0.6) is 0 Å². The molecule has 0 bridgehead atoms. The minimum absolute atomic E-state index is 0. The average molecular weight is 626 g/mol. The summed E-state index contributed by atoms with van der Waals surface area (Å²) in [5.74, 6) is 2.05. The van der Waals surface area contributed by atoms with Gasteiger partial charge in [0.1, 0.15) is 31.3 Å². The molecule has 10 atom stereocenters. The maximum absolute atomic E-state index is 14.0. The third-order valence-corrected chi connectivity index (χ3v) is 13.4. The summed E-state index contributed by atoms with van der Waals surface area (Å²) in [4.78, 5) is 12.5. The van der Waals surface area contributed by atoms with Crippen molar-refractivity contribution >= 4 is 5.97 Å². The molecule has 6 aliphatic rings. The van der Waals surface area contributed by atoms with Gasteiger partial charge in [0.05, 0.1) is 32.8 Å².